The third-order valence-electron chi connectivity index (χ3n) is 3.29. The summed E-state index contributed by atoms with van der Waals surface area (Å²) >= 11 is 0. The number of rotatable bonds is 4. The minimum absolute atomic E-state index is 0.0493. The molecule has 0 saturated carbocycles. The summed E-state index contributed by atoms with van der Waals surface area (Å²) in [6.07, 6.45) is -9.56. The average molecular weight is 420 g/mol. The number of halogens is 6. The van der Waals surface area contributed by atoms with E-state index < -0.39 is 41.3 Å². The zero-order valence-electron chi connectivity index (χ0n) is 14.8. The Morgan fingerprint density at radius 2 is 1.62 bits per heavy atom. The van der Waals surface area contributed by atoms with Gasteiger partial charge in [0, 0.05) is 11.3 Å². The van der Waals surface area contributed by atoms with Gasteiger partial charge in [0.1, 0.15) is 5.75 Å². The van der Waals surface area contributed by atoms with Crippen LogP contribution in [-0.2, 0) is 10.9 Å². The van der Waals surface area contributed by atoms with Crippen LogP contribution in [-0.4, -0.2) is 24.9 Å². The van der Waals surface area contributed by atoms with Crippen LogP contribution < -0.4 is 10.1 Å². The molecule has 0 spiro atoms. The number of carbonyl (C=O) groups excluding carboxylic acids is 1. The fraction of sp³-hybridized carbons (Fsp3) is 0.222. The molecule has 0 aliphatic rings. The van der Waals surface area contributed by atoms with Crippen LogP contribution in [0.15, 0.2) is 53.5 Å². The predicted octanol–water partition coefficient (Wildman–Crippen LogP) is 5.62. The average Bonchev–Trinajstić information content (AvgIpc) is 2.61. The summed E-state index contributed by atoms with van der Waals surface area (Å²) in [4.78, 5) is 15.6. The third-order valence-corrected chi connectivity index (χ3v) is 3.29. The van der Waals surface area contributed by atoms with E-state index in [2.05, 4.69) is 15.0 Å². The summed E-state index contributed by atoms with van der Waals surface area (Å²) in [6, 6.07) is 7.49. The van der Waals surface area contributed by atoms with E-state index in [-0.39, 0.29) is 12.3 Å². The quantitative estimate of drug-likeness (QED) is 0.397. The van der Waals surface area contributed by atoms with Gasteiger partial charge in [-0.15, -0.1) is 13.2 Å². The molecule has 0 saturated heterocycles. The summed E-state index contributed by atoms with van der Waals surface area (Å²) in [5.74, 6) is -1.05. The molecule has 0 heterocycles. The number of benzene rings is 2. The largest absolute Gasteiger partial charge is 0.573 e. The van der Waals surface area contributed by atoms with Crippen molar-refractivity contribution in [2.75, 3.05) is 11.9 Å². The molecule has 0 bridgehead atoms. The van der Waals surface area contributed by atoms with Gasteiger partial charge >= 0.3 is 18.6 Å². The summed E-state index contributed by atoms with van der Waals surface area (Å²) in [7, 11) is 0. The second-order valence-corrected chi connectivity index (χ2v) is 5.40. The number of anilines is 1. The van der Waals surface area contributed by atoms with E-state index in [0.29, 0.717) is 0 Å². The first-order valence-corrected chi connectivity index (χ1v) is 8.04. The highest BCUT2D eigenvalue weighted by molar-refractivity contribution is 6.05. The number of ether oxygens (including phenoxy) is 2. The van der Waals surface area contributed by atoms with Gasteiger partial charge < -0.3 is 14.8 Å². The molecule has 2 amide bonds. The van der Waals surface area contributed by atoms with Crippen LogP contribution in [0.2, 0.25) is 0 Å². The number of aliphatic imine (C=N–C) groups is 1. The molecular formula is C18H14F6N2O3. The van der Waals surface area contributed by atoms with Crippen molar-refractivity contribution in [2.24, 2.45) is 4.99 Å². The molecule has 0 aliphatic heterocycles. The van der Waals surface area contributed by atoms with Gasteiger partial charge in [0.2, 0.25) is 5.90 Å². The van der Waals surface area contributed by atoms with Crippen LogP contribution in [0.4, 0.5) is 36.8 Å². The normalized spacial score (nSPS) is 12.4. The van der Waals surface area contributed by atoms with E-state index >= 15 is 0 Å². The topological polar surface area (TPSA) is 59.9 Å². The number of nitrogens with zero attached hydrogens (tertiary/aromatic N) is 1. The van der Waals surface area contributed by atoms with Gasteiger partial charge in [-0.1, -0.05) is 12.1 Å². The van der Waals surface area contributed by atoms with Crippen molar-refractivity contribution < 1.29 is 40.6 Å². The number of alkyl halides is 6. The number of carbonyl (C=O) groups is 1. The van der Waals surface area contributed by atoms with Crippen molar-refractivity contribution in [2.45, 2.75) is 19.5 Å². The molecule has 5 nitrogen and oxygen atoms in total. The molecule has 2 aromatic carbocycles. The number of nitrogens with one attached hydrogen (secondary N) is 1. The Morgan fingerprint density at radius 3 is 2.17 bits per heavy atom. The summed E-state index contributed by atoms with van der Waals surface area (Å²) in [5.41, 5.74) is -1.41. The summed E-state index contributed by atoms with van der Waals surface area (Å²) in [6.45, 7) is 1.45. The van der Waals surface area contributed by atoms with Gasteiger partial charge in [0.25, 0.3) is 0 Å². The molecule has 0 radical (unpaired) electrons. The Bertz CT molecular complexity index is 876. The molecule has 2 rings (SSSR count). The molecular weight excluding hydrogens is 406 g/mol. The van der Waals surface area contributed by atoms with Crippen molar-refractivity contribution in [3.05, 3.63) is 59.7 Å². The van der Waals surface area contributed by atoms with E-state index in [1.54, 1.807) is 0 Å². The number of hydrogen-bond acceptors (Lipinski definition) is 3. The van der Waals surface area contributed by atoms with Gasteiger partial charge in [-0.2, -0.15) is 18.2 Å². The fourth-order valence-corrected chi connectivity index (χ4v) is 2.21. The molecule has 29 heavy (non-hydrogen) atoms. The summed E-state index contributed by atoms with van der Waals surface area (Å²) in [5, 5.41) is 2.22. The Labute approximate surface area is 161 Å². The highest BCUT2D eigenvalue weighted by atomic mass is 19.4. The lowest BCUT2D eigenvalue weighted by Gasteiger charge is -2.14. The maximum Gasteiger partial charge on any atom is 0.573 e. The number of urea groups is 1. The monoisotopic (exact) mass is 420 g/mol. The van der Waals surface area contributed by atoms with Crippen LogP contribution in [0.3, 0.4) is 0 Å². The Morgan fingerprint density at radius 1 is 1.00 bits per heavy atom. The van der Waals surface area contributed by atoms with Crippen molar-refractivity contribution in [1.29, 1.82) is 0 Å². The first-order valence-electron chi connectivity index (χ1n) is 8.04. The Hall–Kier alpha value is -3.24. The molecule has 0 aliphatic carbocycles. The van der Waals surface area contributed by atoms with Crippen LogP contribution in [0.5, 0.6) is 5.75 Å². The molecule has 156 valence electrons. The molecule has 11 heteroatoms. The minimum Gasteiger partial charge on any atom is -0.477 e. The van der Waals surface area contributed by atoms with Crippen LogP contribution in [0, 0.1) is 0 Å². The lowest BCUT2D eigenvalue weighted by atomic mass is 10.1. The van der Waals surface area contributed by atoms with Gasteiger partial charge in [0.05, 0.1) is 12.2 Å². The van der Waals surface area contributed by atoms with Crippen molar-refractivity contribution in [1.82, 2.24) is 0 Å². The lowest BCUT2D eigenvalue weighted by molar-refractivity contribution is -0.274. The highest BCUT2D eigenvalue weighted by Gasteiger charge is 2.35. The SMILES string of the molecule is CCO/C(=N\C(=O)Nc1ccc(OC(F)(F)F)cc1)c1ccccc1C(F)(F)F. The summed E-state index contributed by atoms with van der Waals surface area (Å²) < 4.78 is 84.8. The second kappa shape index (κ2) is 8.84. The van der Waals surface area contributed by atoms with Gasteiger partial charge in [-0.05, 0) is 43.3 Å². The van der Waals surface area contributed by atoms with E-state index in [1.807, 2.05) is 0 Å². The maximum absolute atomic E-state index is 13.2. The standard InChI is InChI=1S/C18H14F6N2O3/c1-2-28-15(13-5-3-4-6-14(13)17(19,20)21)26-16(27)25-11-7-9-12(10-8-11)29-18(22,23)24/h3-10H,2H2,1H3,(H,25,27)/b26-15-. The third kappa shape index (κ3) is 6.70. The van der Waals surface area contributed by atoms with Crippen LogP contribution in [0.25, 0.3) is 0 Å². The zero-order chi connectivity index (χ0) is 21.7. The van der Waals surface area contributed by atoms with E-state index in [1.165, 1.54) is 19.1 Å². The van der Waals surface area contributed by atoms with Crippen molar-refractivity contribution >= 4 is 17.6 Å². The van der Waals surface area contributed by atoms with Crippen LogP contribution in [0.1, 0.15) is 18.1 Å². The Kier molecular flexibility index (Phi) is 6.72. The van der Waals surface area contributed by atoms with Gasteiger partial charge in [-0.3, -0.25) is 0 Å². The first kappa shape index (κ1) is 22.1. The van der Waals surface area contributed by atoms with Gasteiger partial charge in [0.15, 0.2) is 0 Å². The molecule has 2 aromatic rings. The smallest absolute Gasteiger partial charge is 0.477 e. The van der Waals surface area contributed by atoms with E-state index in [0.717, 1.165) is 36.4 Å². The predicted molar refractivity (Wildman–Crippen MR) is 91.8 cm³/mol. The number of hydrogen-bond donors (Lipinski definition) is 1. The van der Waals surface area contributed by atoms with Crippen LogP contribution >= 0.6 is 0 Å². The Balaban J connectivity index is 2.23. The van der Waals surface area contributed by atoms with Gasteiger partial charge in [-0.25, -0.2) is 4.79 Å². The van der Waals surface area contributed by atoms with E-state index in [9.17, 15) is 31.1 Å². The van der Waals surface area contributed by atoms with Crippen molar-refractivity contribution in [3.63, 3.8) is 0 Å². The van der Waals surface area contributed by atoms with E-state index in [4.69, 9.17) is 4.74 Å². The first-order chi connectivity index (χ1) is 13.5. The number of amides is 2. The molecule has 0 atom stereocenters. The lowest BCUT2D eigenvalue weighted by Crippen LogP contribution is -2.19. The molecule has 0 aromatic heterocycles. The van der Waals surface area contributed by atoms with Crippen molar-refractivity contribution in [3.8, 4) is 5.75 Å². The molecule has 0 unspecified atom stereocenters. The maximum atomic E-state index is 13.2. The second-order valence-electron chi connectivity index (χ2n) is 5.40. The molecule has 0 fully saturated rings. The minimum atomic E-state index is -4.87. The fourth-order valence-electron chi connectivity index (χ4n) is 2.21. The molecule has 1 N–H and O–H groups in total. The highest BCUT2D eigenvalue weighted by Crippen LogP contribution is 2.32. The zero-order valence-corrected chi connectivity index (χ0v) is 14.8.